The van der Waals surface area contributed by atoms with Crippen LogP contribution < -0.4 is 9.47 Å². The summed E-state index contributed by atoms with van der Waals surface area (Å²) in [6.45, 7) is 3.01. The van der Waals surface area contributed by atoms with Crippen LogP contribution in [0.15, 0.2) is 18.2 Å². The normalized spacial score (nSPS) is 18.1. The van der Waals surface area contributed by atoms with Crippen LogP contribution in [0.1, 0.15) is 30.1 Å². The summed E-state index contributed by atoms with van der Waals surface area (Å²) in [5.41, 5.74) is 0.470. The Morgan fingerprint density at radius 1 is 1.21 bits per heavy atom. The molecule has 1 unspecified atom stereocenters. The van der Waals surface area contributed by atoms with E-state index in [0.29, 0.717) is 43.1 Å². The van der Waals surface area contributed by atoms with E-state index in [-0.39, 0.29) is 18.7 Å². The second kappa shape index (κ2) is 7.09. The molecule has 0 bridgehead atoms. The first-order valence-electron chi connectivity index (χ1n) is 8.01. The molecule has 0 saturated carbocycles. The molecular weight excluding hydrogens is 314 g/mol. The highest BCUT2D eigenvalue weighted by molar-refractivity contribution is 6.01. The van der Waals surface area contributed by atoms with E-state index in [0.717, 1.165) is 0 Å². The van der Waals surface area contributed by atoms with Crippen molar-refractivity contribution in [3.05, 3.63) is 23.8 Å². The van der Waals surface area contributed by atoms with Crippen LogP contribution in [-0.4, -0.2) is 56.0 Å². The van der Waals surface area contributed by atoms with E-state index in [9.17, 15) is 9.59 Å². The molecule has 2 heterocycles. The summed E-state index contributed by atoms with van der Waals surface area (Å²) in [5.74, 6) is 0.978. The minimum absolute atomic E-state index is 0.151. The Labute approximate surface area is 140 Å². The van der Waals surface area contributed by atoms with Crippen LogP contribution in [0.25, 0.3) is 0 Å². The van der Waals surface area contributed by atoms with Gasteiger partial charge in [-0.3, -0.25) is 4.79 Å². The second-order valence-corrected chi connectivity index (χ2v) is 5.91. The molecular formula is C17H21NO6. The third kappa shape index (κ3) is 3.46. The Kier molecular flexibility index (Phi) is 4.89. The van der Waals surface area contributed by atoms with Gasteiger partial charge < -0.3 is 23.8 Å². The monoisotopic (exact) mass is 335 g/mol. The highest BCUT2D eigenvalue weighted by Crippen LogP contribution is 2.33. The fourth-order valence-corrected chi connectivity index (χ4v) is 2.64. The van der Waals surface area contributed by atoms with Gasteiger partial charge in [0.15, 0.2) is 17.3 Å². The van der Waals surface area contributed by atoms with E-state index in [4.69, 9.17) is 18.9 Å². The van der Waals surface area contributed by atoms with Gasteiger partial charge >= 0.3 is 6.09 Å². The molecule has 1 amide bonds. The second-order valence-electron chi connectivity index (χ2n) is 5.91. The molecule has 0 spiro atoms. The number of ketones is 1. The number of carbonyl (C=O) groups excluding carboxylic acids is 2. The van der Waals surface area contributed by atoms with Gasteiger partial charge in [-0.15, -0.1) is 0 Å². The van der Waals surface area contributed by atoms with Crippen molar-refractivity contribution in [3.63, 3.8) is 0 Å². The first-order valence-corrected chi connectivity index (χ1v) is 8.01. The predicted octanol–water partition coefficient (Wildman–Crippen LogP) is 2.23. The van der Waals surface area contributed by atoms with Crippen LogP contribution in [-0.2, 0) is 9.47 Å². The van der Waals surface area contributed by atoms with Crippen molar-refractivity contribution in [2.24, 2.45) is 0 Å². The van der Waals surface area contributed by atoms with Crippen molar-refractivity contribution >= 4 is 11.9 Å². The maximum Gasteiger partial charge on any atom is 0.410 e. The Morgan fingerprint density at radius 2 is 1.92 bits per heavy atom. The van der Waals surface area contributed by atoms with Crippen LogP contribution in [0, 0.1) is 0 Å². The number of benzene rings is 1. The number of amides is 1. The number of ether oxygens (including phenoxy) is 4. The molecule has 7 heteroatoms. The predicted molar refractivity (Wildman–Crippen MR) is 84.4 cm³/mol. The summed E-state index contributed by atoms with van der Waals surface area (Å²) in [5, 5.41) is 0. The van der Waals surface area contributed by atoms with Crippen LogP contribution in [0.3, 0.4) is 0 Å². The van der Waals surface area contributed by atoms with E-state index >= 15 is 0 Å². The molecule has 0 aliphatic carbocycles. The first kappa shape index (κ1) is 16.6. The average molecular weight is 335 g/mol. The summed E-state index contributed by atoms with van der Waals surface area (Å²) in [6.07, 6.45) is 0.721. The number of hydrogen-bond acceptors (Lipinski definition) is 6. The molecule has 1 saturated heterocycles. The summed E-state index contributed by atoms with van der Waals surface area (Å²) in [7, 11) is 1.57. The van der Waals surface area contributed by atoms with Gasteiger partial charge in [0.05, 0.1) is 19.3 Å². The summed E-state index contributed by atoms with van der Waals surface area (Å²) in [4.78, 5) is 26.2. The maximum absolute atomic E-state index is 12.6. The van der Waals surface area contributed by atoms with Gasteiger partial charge in [-0.05, 0) is 25.1 Å². The van der Waals surface area contributed by atoms with Crippen molar-refractivity contribution in [2.75, 3.05) is 27.1 Å². The minimum atomic E-state index is -0.641. The smallest absolute Gasteiger partial charge is 0.410 e. The highest BCUT2D eigenvalue weighted by Gasteiger charge is 2.28. The lowest BCUT2D eigenvalue weighted by atomic mass is 10.0. The molecule has 1 aromatic carbocycles. The van der Waals surface area contributed by atoms with Crippen molar-refractivity contribution < 1.29 is 28.5 Å². The number of rotatable bonds is 4. The van der Waals surface area contributed by atoms with Gasteiger partial charge in [0, 0.05) is 25.5 Å². The van der Waals surface area contributed by atoms with Crippen molar-refractivity contribution in [3.8, 4) is 11.5 Å². The zero-order chi connectivity index (χ0) is 17.1. The van der Waals surface area contributed by atoms with Gasteiger partial charge in [0.1, 0.15) is 6.10 Å². The van der Waals surface area contributed by atoms with Crippen molar-refractivity contribution in [2.45, 2.75) is 31.9 Å². The number of fused-ring (bicyclic) bond motifs is 1. The number of carbonyl (C=O) groups is 2. The van der Waals surface area contributed by atoms with Gasteiger partial charge in [-0.2, -0.15) is 0 Å². The van der Waals surface area contributed by atoms with Crippen LogP contribution in [0.5, 0.6) is 11.5 Å². The number of nitrogens with zero attached hydrogens (tertiary/aromatic N) is 1. The molecule has 0 radical (unpaired) electrons. The average Bonchev–Trinajstić information content (AvgIpc) is 3.08. The molecule has 2 aliphatic heterocycles. The van der Waals surface area contributed by atoms with Crippen molar-refractivity contribution in [1.82, 2.24) is 4.90 Å². The largest absolute Gasteiger partial charge is 0.454 e. The number of likely N-dealkylation sites (N-methyl/N-ethyl adjacent to an activating group) is 1. The van der Waals surface area contributed by atoms with E-state index in [2.05, 4.69) is 0 Å². The van der Waals surface area contributed by atoms with Gasteiger partial charge in [0.2, 0.25) is 6.79 Å². The van der Waals surface area contributed by atoms with Crippen LogP contribution in [0.2, 0.25) is 0 Å². The molecule has 3 rings (SSSR count). The first-order chi connectivity index (χ1) is 11.6. The summed E-state index contributed by atoms with van der Waals surface area (Å²) >= 11 is 0. The standard InChI is InChI=1S/C17H21NO6/c1-11(18(2)17(20)24-13-5-7-21-8-6-13)16(19)12-3-4-14-15(9-12)23-10-22-14/h3-4,9,11,13H,5-8,10H2,1-2H3. The van der Waals surface area contributed by atoms with Crippen molar-refractivity contribution in [1.29, 1.82) is 0 Å². The van der Waals surface area contributed by atoms with Gasteiger partial charge in [0.25, 0.3) is 0 Å². The van der Waals surface area contributed by atoms with Gasteiger partial charge in [-0.1, -0.05) is 0 Å². The van der Waals surface area contributed by atoms with Gasteiger partial charge in [-0.25, -0.2) is 4.79 Å². The molecule has 2 aliphatic rings. The minimum Gasteiger partial charge on any atom is -0.454 e. The molecule has 130 valence electrons. The van der Waals surface area contributed by atoms with E-state index < -0.39 is 12.1 Å². The zero-order valence-corrected chi connectivity index (χ0v) is 13.8. The van der Waals surface area contributed by atoms with Crippen LogP contribution in [0.4, 0.5) is 4.79 Å². The molecule has 1 aromatic rings. The lowest BCUT2D eigenvalue weighted by Crippen LogP contribution is -2.42. The molecule has 0 N–H and O–H groups in total. The lowest BCUT2D eigenvalue weighted by Gasteiger charge is -2.28. The lowest BCUT2D eigenvalue weighted by molar-refractivity contribution is -0.0104. The fraction of sp³-hybridized carbons (Fsp3) is 0.529. The molecule has 0 aromatic heterocycles. The summed E-state index contributed by atoms with van der Waals surface area (Å²) < 4.78 is 21.2. The maximum atomic E-state index is 12.6. The SMILES string of the molecule is CC(C(=O)c1ccc2c(c1)OCO2)N(C)C(=O)OC1CCOCC1. The Balaban J connectivity index is 1.62. The molecule has 1 fully saturated rings. The van der Waals surface area contributed by atoms with Crippen LogP contribution >= 0.6 is 0 Å². The highest BCUT2D eigenvalue weighted by atomic mass is 16.7. The Bertz CT molecular complexity index is 626. The third-order valence-electron chi connectivity index (χ3n) is 4.34. The number of hydrogen-bond donors (Lipinski definition) is 0. The Hall–Kier alpha value is -2.28. The molecule has 1 atom stereocenters. The van der Waals surface area contributed by atoms with E-state index in [1.165, 1.54) is 4.90 Å². The Morgan fingerprint density at radius 3 is 2.67 bits per heavy atom. The third-order valence-corrected chi connectivity index (χ3v) is 4.34. The number of Topliss-reactive ketones (excluding diaryl/α,β-unsaturated/α-hetero) is 1. The van der Waals surface area contributed by atoms with E-state index in [1.54, 1.807) is 32.2 Å². The zero-order valence-electron chi connectivity index (χ0n) is 13.8. The van der Waals surface area contributed by atoms with E-state index in [1.807, 2.05) is 0 Å². The quantitative estimate of drug-likeness (QED) is 0.786. The molecule has 7 nitrogen and oxygen atoms in total. The fourth-order valence-electron chi connectivity index (χ4n) is 2.64. The summed E-state index contributed by atoms with van der Waals surface area (Å²) in [6, 6.07) is 4.36. The topological polar surface area (TPSA) is 74.3 Å². The molecule has 24 heavy (non-hydrogen) atoms.